The highest BCUT2D eigenvalue weighted by Gasteiger charge is 2.25. The maximum atomic E-state index is 14.3. The van der Waals surface area contributed by atoms with Gasteiger partial charge in [0.2, 0.25) is 0 Å². The fourth-order valence-electron chi connectivity index (χ4n) is 1.54. The van der Waals surface area contributed by atoms with Gasteiger partial charge < -0.3 is 10.0 Å². The number of hydrogen-bond donors (Lipinski definition) is 1. The predicted molar refractivity (Wildman–Crippen MR) is 65.0 cm³/mol. The van der Waals surface area contributed by atoms with Crippen molar-refractivity contribution in [2.24, 2.45) is 0 Å². The second-order valence-electron chi connectivity index (χ2n) is 4.63. The van der Waals surface area contributed by atoms with E-state index < -0.39 is 11.6 Å². The van der Waals surface area contributed by atoms with Crippen LogP contribution in [0.1, 0.15) is 29.3 Å². The molecule has 0 aliphatic heterocycles. The van der Waals surface area contributed by atoms with Gasteiger partial charge in [0.25, 0.3) is 0 Å². The first-order valence-electron chi connectivity index (χ1n) is 5.50. The molecule has 0 amide bonds. The van der Waals surface area contributed by atoms with Gasteiger partial charge in [0, 0.05) is 6.54 Å². The Morgan fingerprint density at radius 3 is 2.29 bits per heavy atom. The van der Waals surface area contributed by atoms with Crippen LogP contribution in [0.4, 0.5) is 4.39 Å². The van der Waals surface area contributed by atoms with Gasteiger partial charge in [-0.2, -0.15) is 0 Å². The summed E-state index contributed by atoms with van der Waals surface area (Å²) in [5, 5.41) is 8.75. The first-order valence-corrected chi connectivity index (χ1v) is 5.50. The zero-order valence-corrected chi connectivity index (χ0v) is 10.4. The minimum atomic E-state index is -1.43. The summed E-state index contributed by atoms with van der Waals surface area (Å²) in [5.74, 6) is -0.995. The average molecular weight is 239 g/mol. The molecule has 0 bridgehead atoms. The van der Waals surface area contributed by atoms with Gasteiger partial charge in [-0.15, -0.1) is 0 Å². The van der Waals surface area contributed by atoms with E-state index in [0.717, 1.165) is 0 Å². The van der Waals surface area contributed by atoms with Crippen molar-refractivity contribution in [2.75, 3.05) is 20.6 Å². The number of carboxylic acid groups (broad SMARTS) is 1. The van der Waals surface area contributed by atoms with Crippen molar-refractivity contribution >= 4 is 5.97 Å². The predicted octanol–water partition coefficient (Wildman–Crippen LogP) is 2.52. The summed E-state index contributed by atoms with van der Waals surface area (Å²) in [6.07, 6.45) is 0.381. The Hall–Kier alpha value is -1.42. The molecule has 0 saturated carbocycles. The molecule has 1 aromatic rings. The Balaban J connectivity index is 2.80. The zero-order valence-electron chi connectivity index (χ0n) is 10.4. The fraction of sp³-hybridized carbons (Fsp3) is 0.462. The highest BCUT2D eigenvalue weighted by atomic mass is 19.1. The van der Waals surface area contributed by atoms with E-state index in [-0.39, 0.29) is 5.56 Å². The lowest BCUT2D eigenvalue weighted by Crippen LogP contribution is -2.23. The zero-order chi connectivity index (χ0) is 13.1. The van der Waals surface area contributed by atoms with Crippen LogP contribution in [-0.2, 0) is 5.67 Å². The number of halogens is 1. The van der Waals surface area contributed by atoms with Crippen molar-refractivity contribution in [3.8, 4) is 0 Å². The van der Waals surface area contributed by atoms with E-state index in [1.165, 1.54) is 19.1 Å². The van der Waals surface area contributed by atoms with Crippen LogP contribution >= 0.6 is 0 Å². The quantitative estimate of drug-likeness (QED) is 0.858. The Kier molecular flexibility index (Phi) is 4.23. The maximum Gasteiger partial charge on any atom is 0.335 e. The number of aromatic carboxylic acids is 1. The Morgan fingerprint density at radius 1 is 1.35 bits per heavy atom. The molecular weight excluding hydrogens is 221 g/mol. The summed E-state index contributed by atoms with van der Waals surface area (Å²) in [5.41, 5.74) is -0.733. The van der Waals surface area contributed by atoms with Gasteiger partial charge in [-0.3, -0.25) is 0 Å². The van der Waals surface area contributed by atoms with Crippen molar-refractivity contribution in [1.29, 1.82) is 0 Å². The number of carbonyl (C=O) groups is 1. The second-order valence-corrected chi connectivity index (χ2v) is 4.63. The monoisotopic (exact) mass is 239 g/mol. The molecule has 94 valence electrons. The van der Waals surface area contributed by atoms with E-state index in [1.807, 2.05) is 19.0 Å². The second kappa shape index (κ2) is 5.27. The Labute approximate surface area is 101 Å². The first-order chi connectivity index (χ1) is 7.83. The molecule has 0 aliphatic carbocycles. The van der Waals surface area contributed by atoms with Crippen LogP contribution in [0.3, 0.4) is 0 Å². The van der Waals surface area contributed by atoms with E-state index >= 15 is 0 Å². The minimum absolute atomic E-state index is 0.178. The summed E-state index contributed by atoms with van der Waals surface area (Å²) in [7, 11) is 3.78. The van der Waals surface area contributed by atoms with E-state index in [9.17, 15) is 9.18 Å². The van der Waals surface area contributed by atoms with Gasteiger partial charge in [0.05, 0.1) is 5.56 Å². The minimum Gasteiger partial charge on any atom is -0.478 e. The highest BCUT2D eigenvalue weighted by Crippen LogP contribution is 2.29. The van der Waals surface area contributed by atoms with Gasteiger partial charge in [0.1, 0.15) is 5.67 Å². The smallest absolute Gasteiger partial charge is 0.335 e. The lowest BCUT2D eigenvalue weighted by molar-refractivity contribution is 0.0696. The van der Waals surface area contributed by atoms with E-state index in [2.05, 4.69) is 0 Å². The van der Waals surface area contributed by atoms with Crippen molar-refractivity contribution in [2.45, 2.75) is 19.0 Å². The summed E-state index contributed by atoms with van der Waals surface area (Å²) < 4.78 is 14.3. The van der Waals surface area contributed by atoms with Gasteiger partial charge >= 0.3 is 5.97 Å². The molecule has 0 aliphatic rings. The standard InChI is InChI=1S/C13H18FNO2/c1-13(14,8-9-15(2)3)11-6-4-10(5-7-11)12(16)17/h4-7H,8-9H2,1-3H3,(H,16,17). The fourth-order valence-corrected chi connectivity index (χ4v) is 1.54. The van der Waals surface area contributed by atoms with Crippen LogP contribution < -0.4 is 0 Å². The summed E-state index contributed by atoms with van der Waals surface area (Å²) in [6, 6.07) is 5.95. The van der Waals surface area contributed by atoms with Crippen molar-refractivity contribution in [3.63, 3.8) is 0 Å². The number of hydrogen-bond acceptors (Lipinski definition) is 2. The number of nitrogens with zero attached hydrogens (tertiary/aromatic N) is 1. The molecule has 0 radical (unpaired) electrons. The number of rotatable bonds is 5. The molecule has 0 fully saturated rings. The van der Waals surface area contributed by atoms with Crippen molar-refractivity contribution in [3.05, 3.63) is 35.4 Å². The number of benzene rings is 1. The third-order valence-electron chi connectivity index (χ3n) is 2.76. The van der Waals surface area contributed by atoms with Crippen LogP contribution in [0.15, 0.2) is 24.3 Å². The Morgan fingerprint density at radius 2 is 1.88 bits per heavy atom. The molecule has 0 aromatic heterocycles. The molecule has 17 heavy (non-hydrogen) atoms. The van der Waals surface area contributed by atoms with Gasteiger partial charge in [-0.25, -0.2) is 9.18 Å². The molecular formula is C13H18FNO2. The molecule has 4 heteroatoms. The van der Waals surface area contributed by atoms with Crippen LogP contribution in [-0.4, -0.2) is 36.6 Å². The molecule has 1 atom stereocenters. The molecule has 1 unspecified atom stereocenters. The molecule has 1 rings (SSSR count). The van der Waals surface area contributed by atoms with Gasteiger partial charge in [-0.05, 0) is 45.1 Å². The summed E-state index contributed by atoms with van der Waals surface area (Å²) >= 11 is 0. The van der Waals surface area contributed by atoms with Crippen molar-refractivity contribution in [1.82, 2.24) is 4.90 Å². The molecule has 0 heterocycles. The van der Waals surface area contributed by atoms with Crippen LogP contribution in [0.2, 0.25) is 0 Å². The van der Waals surface area contributed by atoms with E-state index in [4.69, 9.17) is 5.11 Å². The van der Waals surface area contributed by atoms with Crippen LogP contribution in [0.5, 0.6) is 0 Å². The maximum absolute atomic E-state index is 14.3. The van der Waals surface area contributed by atoms with E-state index in [1.54, 1.807) is 12.1 Å². The van der Waals surface area contributed by atoms with E-state index in [0.29, 0.717) is 18.5 Å². The molecule has 0 spiro atoms. The first kappa shape index (κ1) is 13.6. The summed E-state index contributed by atoms with van der Waals surface area (Å²) in [6.45, 7) is 2.17. The third-order valence-corrected chi connectivity index (χ3v) is 2.76. The lowest BCUT2D eigenvalue weighted by atomic mass is 9.93. The largest absolute Gasteiger partial charge is 0.478 e. The lowest BCUT2D eigenvalue weighted by Gasteiger charge is -2.23. The summed E-state index contributed by atoms with van der Waals surface area (Å²) in [4.78, 5) is 12.6. The average Bonchev–Trinajstić information content (AvgIpc) is 2.27. The van der Waals surface area contributed by atoms with Gasteiger partial charge in [0.15, 0.2) is 0 Å². The third kappa shape index (κ3) is 3.82. The normalized spacial score (nSPS) is 14.6. The van der Waals surface area contributed by atoms with Crippen LogP contribution in [0.25, 0.3) is 0 Å². The molecule has 1 N–H and O–H groups in total. The SMILES string of the molecule is CN(C)CCC(C)(F)c1ccc(C(=O)O)cc1. The number of carboxylic acids is 1. The van der Waals surface area contributed by atoms with Crippen LogP contribution in [0, 0.1) is 0 Å². The van der Waals surface area contributed by atoms with Crippen molar-refractivity contribution < 1.29 is 14.3 Å². The van der Waals surface area contributed by atoms with Gasteiger partial charge in [-0.1, -0.05) is 12.1 Å². The molecule has 3 nitrogen and oxygen atoms in total. The Bertz CT molecular complexity index is 385. The highest BCUT2D eigenvalue weighted by molar-refractivity contribution is 5.87. The molecule has 1 aromatic carbocycles. The number of alkyl halides is 1. The topological polar surface area (TPSA) is 40.5 Å². The molecule has 0 saturated heterocycles.